The first-order valence-corrected chi connectivity index (χ1v) is 6.28. The number of rotatable bonds is 2. The molecule has 0 radical (unpaired) electrons. The van der Waals surface area contributed by atoms with Crippen LogP contribution in [-0.4, -0.2) is 5.11 Å². The molecule has 0 amide bonds. The molecular formula is C14H10BrF3O. The molecule has 0 fully saturated rings. The van der Waals surface area contributed by atoms with E-state index in [1.54, 1.807) is 25.1 Å². The third kappa shape index (κ3) is 2.82. The van der Waals surface area contributed by atoms with Gasteiger partial charge in [-0.1, -0.05) is 33.6 Å². The molecule has 0 heterocycles. The quantitative estimate of drug-likeness (QED) is 0.872. The molecule has 2 rings (SSSR count). The predicted molar refractivity (Wildman–Crippen MR) is 69.3 cm³/mol. The fourth-order valence-electron chi connectivity index (χ4n) is 1.84. The van der Waals surface area contributed by atoms with Crippen molar-refractivity contribution in [2.45, 2.75) is 13.0 Å². The van der Waals surface area contributed by atoms with Crippen LogP contribution in [0.2, 0.25) is 0 Å². The van der Waals surface area contributed by atoms with E-state index in [1.807, 2.05) is 0 Å². The first-order chi connectivity index (χ1) is 8.90. The molecule has 100 valence electrons. The van der Waals surface area contributed by atoms with E-state index in [2.05, 4.69) is 15.9 Å². The van der Waals surface area contributed by atoms with Gasteiger partial charge in [0.2, 0.25) is 0 Å². The number of aryl methyl sites for hydroxylation is 1. The summed E-state index contributed by atoms with van der Waals surface area (Å²) in [6.45, 7) is 1.79. The molecule has 2 aromatic rings. The Morgan fingerprint density at radius 3 is 2.21 bits per heavy atom. The van der Waals surface area contributed by atoms with Gasteiger partial charge in [-0.3, -0.25) is 0 Å². The van der Waals surface area contributed by atoms with Gasteiger partial charge in [-0.25, -0.2) is 13.2 Å². The van der Waals surface area contributed by atoms with Crippen LogP contribution in [0.1, 0.15) is 22.8 Å². The molecule has 0 aliphatic heterocycles. The second-order valence-electron chi connectivity index (χ2n) is 4.21. The number of hydrogen-bond donors (Lipinski definition) is 1. The van der Waals surface area contributed by atoms with E-state index >= 15 is 0 Å². The van der Waals surface area contributed by atoms with E-state index < -0.39 is 29.1 Å². The average molecular weight is 331 g/mol. The Balaban J connectivity index is 2.56. The van der Waals surface area contributed by atoms with Gasteiger partial charge < -0.3 is 5.11 Å². The molecular weight excluding hydrogens is 321 g/mol. The molecule has 5 heteroatoms. The summed E-state index contributed by atoms with van der Waals surface area (Å²) in [7, 11) is 0. The van der Waals surface area contributed by atoms with Gasteiger partial charge in [0, 0.05) is 16.6 Å². The van der Waals surface area contributed by atoms with E-state index in [9.17, 15) is 18.3 Å². The Bertz CT molecular complexity index is 605. The van der Waals surface area contributed by atoms with E-state index in [0.29, 0.717) is 22.2 Å². The summed E-state index contributed by atoms with van der Waals surface area (Å²) >= 11 is 3.21. The summed E-state index contributed by atoms with van der Waals surface area (Å²) in [6.07, 6.45) is -1.50. The summed E-state index contributed by atoms with van der Waals surface area (Å²) < 4.78 is 40.6. The van der Waals surface area contributed by atoms with E-state index in [-0.39, 0.29) is 0 Å². The molecule has 2 aromatic carbocycles. The fraction of sp³-hybridized carbons (Fsp3) is 0.143. The Morgan fingerprint density at radius 2 is 1.63 bits per heavy atom. The van der Waals surface area contributed by atoms with Gasteiger partial charge in [-0.05, 0) is 18.6 Å². The van der Waals surface area contributed by atoms with Crippen molar-refractivity contribution in [2.75, 3.05) is 0 Å². The van der Waals surface area contributed by atoms with Gasteiger partial charge in [-0.15, -0.1) is 0 Å². The van der Waals surface area contributed by atoms with Gasteiger partial charge in [0.05, 0.1) is 5.56 Å². The maximum absolute atomic E-state index is 13.6. The second kappa shape index (κ2) is 5.35. The van der Waals surface area contributed by atoms with E-state index in [0.717, 1.165) is 5.56 Å². The van der Waals surface area contributed by atoms with Crippen molar-refractivity contribution < 1.29 is 18.3 Å². The summed E-state index contributed by atoms with van der Waals surface area (Å²) in [4.78, 5) is 0. The van der Waals surface area contributed by atoms with Crippen molar-refractivity contribution in [3.05, 3.63) is 68.9 Å². The smallest absolute Gasteiger partial charge is 0.135 e. The van der Waals surface area contributed by atoms with Gasteiger partial charge >= 0.3 is 0 Å². The molecule has 19 heavy (non-hydrogen) atoms. The SMILES string of the molecule is Cc1ccc(Br)c(C(O)c2c(F)cc(F)cc2F)c1. The van der Waals surface area contributed by atoms with Gasteiger partial charge in [-0.2, -0.15) is 0 Å². The average Bonchev–Trinajstić information content (AvgIpc) is 2.30. The molecule has 1 nitrogen and oxygen atoms in total. The van der Waals surface area contributed by atoms with E-state index in [4.69, 9.17) is 0 Å². The molecule has 0 spiro atoms. The zero-order valence-electron chi connectivity index (χ0n) is 9.92. The third-order valence-electron chi connectivity index (χ3n) is 2.76. The molecule has 0 bridgehead atoms. The monoisotopic (exact) mass is 330 g/mol. The summed E-state index contributed by atoms with van der Waals surface area (Å²) in [5.74, 6) is -3.24. The number of halogens is 4. The highest BCUT2D eigenvalue weighted by Crippen LogP contribution is 2.32. The molecule has 0 saturated heterocycles. The van der Waals surface area contributed by atoms with Crippen LogP contribution in [0.5, 0.6) is 0 Å². The lowest BCUT2D eigenvalue weighted by molar-refractivity contribution is 0.208. The first kappa shape index (κ1) is 14.1. The lowest BCUT2D eigenvalue weighted by Crippen LogP contribution is -2.07. The maximum atomic E-state index is 13.6. The highest BCUT2D eigenvalue weighted by atomic mass is 79.9. The van der Waals surface area contributed by atoms with Crippen LogP contribution in [0, 0.1) is 24.4 Å². The predicted octanol–water partition coefficient (Wildman–Crippen LogP) is 4.26. The van der Waals surface area contributed by atoms with Gasteiger partial charge in [0.25, 0.3) is 0 Å². The van der Waals surface area contributed by atoms with Crippen LogP contribution in [0.3, 0.4) is 0 Å². The minimum atomic E-state index is -1.50. The highest BCUT2D eigenvalue weighted by Gasteiger charge is 2.22. The maximum Gasteiger partial charge on any atom is 0.135 e. The molecule has 0 aromatic heterocycles. The van der Waals surface area contributed by atoms with Gasteiger partial charge in [0.1, 0.15) is 23.6 Å². The van der Waals surface area contributed by atoms with Crippen LogP contribution >= 0.6 is 15.9 Å². The normalized spacial score (nSPS) is 12.5. The van der Waals surface area contributed by atoms with Crippen molar-refractivity contribution >= 4 is 15.9 Å². The fourth-order valence-corrected chi connectivity index (χ4v) is 2.31. The van der Waals surface area contributed by atoms with Crippen molar-refractivity contribution in [1.82, 2.24) is 0 Å². The van der Waals surface area contributed by atoms with Crippen molar-refractivity contribution in [3.63, 3.8) is 0 Å². The summed E-state index contributed by atoms with van der Waals surface area (Å²) in [5, 5.41) is 10.1. The molecule has 1 atom stereocenters. The standard InChI is InChI=1S/C14H10BrF3O/c1-7-2-3-10(15)9(4-7)14(19)13-11(17)5-8(16)6-12(13)18/h2-6,14,19H,1H3. The van der Waals surface area contributed by atoms with Crippen molar-refractivity contribution in [2.24, 2.45) is 0 Å². The highest BCUT2D eigenvalue weighted by molar-refractivity contribution is 9.10. The Kier molecular flexibility index (Phi) is 3.96. The third-order valence-corrected chi connectivity index (χ3v) is 3.49. The Morgan fingerprint density at radius 1 is 1.05 bits per heavy atom. The van der Waals surface area contributed by atoms with Crippen LogP contribution in [0.25, 0.3) is 0 Å². The number of benzene rings is 2. The lowest BCUT2D eigenvalue weighted by atomic mass is 9.99. The molecule has 0 aliphatic rings. The van der Waals surface area contributed by atoms with Crippen molar-refractivity contribution in [1.29, 1.82) is 0 Å². The van der Waals surface area contributed by atoms with Gasteiger partial charge in [0.15, 0.2) is 0 Å². The zero-order valence-corrected chi connectivity index (χ0v) is 11.5. The largest absolute Gasteiger partial charge is 0.383 e. The Hall–Kier alpha value is -1.33. The van der Waals surface area contributed by atoms with Crippen LogP contribution in [-0.2, 0) is 0 Å². The number of aliphatic hydroxyl groups excluding tert-OH is 1. The molecule has 0 aliphatic carbocycles. The van der Waals surface area contributed by atoms with Crippen LogP contribution in [0.4, 0.5) is 13.2 Å². The number of hydrogen-bond acceptors (Lipinski definition) is 1. The number of aliphatic hydroxyl groups is 1. The minimum Gasteiger partial charge on any atom is -0.383 e. The lowest BCUT2D eigenvalue weighted by Gasteiger charge is -2.15. The molecule has 1 unspecified atom stereocenters. The topological polar surface area (TPSA) is 20.2 Å². The molecule has 0 saturated carbocycles. The minimum absolute atomic E-state index is 0.324. The second-order valence-corrected chi connectivity index (χ2v) is 5.06. The summed E-state index contributed by atoms with van der Waals surface area (Å²) in [5.41, 5.74) is 0.595. The first-order valence-electron chi connectivity index (χ1n) is 5.48. The van der Waals surface area contributed by atoms with Crippen LogP contribution < -0.4 is 0 Å². The zero-order chi connectivity index (χ0) is 14.2. The van der Waals surface area contributed by atoms with Crippen molar-refractivity contribution in [3.8, 4) is 0 Å². The molecule has 1 N–H and O–H groups in total. The van der Waals surface area contributed by atoms with Crippen LogP contribution in [0.15, 0.2) is 34.8 Å². The Labute approximate surface area is 116 Å². The summed E-state index contributed by atoms with van der Waals surface area (Å²) in [6, 6.07) is 6.17. The van der Waals surface area contributed by atoms with E-state index in [1.165, 1.54) is 0 Å².